The van der Waals surface area contributed by atoms with Crippen molar-refractivity contribution >= 4 is 5.91 Å². The highest BCUT2D eigenvalue weighted by Gasteiger charge is 2.24. The number of rotatable bonds is 4. The Labute approximate surface area is 136 Å². The number of carbonyl (C=O) groups excluding carboxylic acids is 1. The van der Waals surface area contributed by atoms with E-state index in [0.717, 1.165) is 56.2 Å². The summed E-state index contributed by atoms with van der Waals surface area (Å²) in [6.45, 7) is 9.20. The fraction of sp³-hybridized carbons (Fsp3) is 0.562. The fourth-order valence-corrected chi connectivity index (χ4v) is 3.01. The fourth-order valence-electron chi connectivity index (χ4n) is 3.01. The maximum Gasteiger partial charge on any atom is 0.255 e. The minimum atomic E-state index is 0.155. The van der Waals surface area contributed by atoms with Crippen LogP contribution in [-0.4, -0.2) is 67.8 Å². The Kier molecular flexibility index (Phi) is 4.47. The molecule has 1 saturated heterocycles. The van der Waals surface area contributed by atoms with E-state index < -0.39 is 0 Å². The van der Waals surface area contributed by atoms with Crippen molar-refractivity contribution in [2.75, 3.05) is 32.7 Å². The first kappa shape index (κ1) is 15.7. The molecule has 23 heavy (non-hydrogen) atoms. The summed E-state index contributed by atoms with van der Waals surface area (Å²) in [5.41, 5.74) is 3.00. The summed E-state index contributed by atoms with van der Waals surface area (Å²) >= 11 is 0. The van der Waals surface area contributed by atoms with E-state index in [-0.39, 0.29) is 5.91 Å². The smallest absolute Gasteiger partial charge is 0.255 e. The molecule has 1 amide bonds. The molecule has 0 radical (unpaired) electrons. The molecule has 2 aromatic heterocycles. The summed E-state index contributed by atoms with van der Waals surface area (Å²) in [7, 11) is 2.00. The monoisotopic (exact) mass is 316 g/mol. The predicted octanol–water partition coefficient (Wildman–Crippen LogP) is 0.691. The first-order chi connectivity index (χ1) is 11.1. The van der Waals surface area contributed by atoms with E-state index in [4.69, 9.17) is 0 Å². The number of amides is 1. The van der Waals surface area contributed by atoms with Crippen molar-refractivity contribution < 1.29 is 4.79 Å². The molecule has 0 saturated carbocycles. The average Bonchev–Trinajstić information content (AvgIpc) is 3.17. The van der Waals surface area contributed by atoms with Crippen LogP contribution in [0.5, 0.6) is 0 Å². The molecule has 0 N–H and O–H groups in total. The van der Waals surface area contributed by atoms with Crippen molar-refractivity contribution in [1.82, 2.24) is 29.1 Å². The zero-order valence-electron chi connectivity index (χ0n) is 14.1. The van der Waals surface area contributed by atoms with Gasteiger partial charge in [-0.25, -0.2) is 4.98 Å². The van der Waals surface area contributed by atoms with Crippen LogP contribution in [0, 0.1) is 13.8 Å². The van der Waals surface area contributed by atoms with Gasteiger partial charge in [0.1, 0.15) is 12.7 Å². The lowest BCUT2D eigenvalue weighted by molar-refractivity contribution is 0.0631. The van der Waals surface area contributed by atoms with Gasteiger partial charge in [0.2, 0.25) is 0 Å². The molecule has 3 rings (SSSR count). The Balaban J connectivity index is 1.54. The lowest BCUT2D eigenvalue weighted by Gasteiger charge is -2.34. The lowest BCUT2D eigenvalue weighted by Crippen LogP contribution is -2.49. The number of carbonyl (C=O) groups is 1. The molecule has 3 heterocycles. The van der Waals surface area contributed by atoms with Crippen molar-refractivity contribution in [2.45, 2.75) is 20.4 Å². The van der Waals surface area contributed by atoms with Crippen LogP contribution < -0.4 is 0 Å². The normalized spacial score (nSPS) is 16.0. The van der Waals surface area contributed by atoms with Gasteiger partial charge in [0.25, 0.3) is 5.91 Å². The third kappa shape index (κ3) is 3.29. The van der Waals surface area contributed by atoms with Crippen molar-refractivity contribution in [3.63, 3.8) is 0 Å². The molecular weight excluding hydrogens is 292 g/mol. The van der Waals surface area contributed by atoms with Gasteiger partial charge in [0.15, 0.2) is 0 Å². The summed E-state index contributed by atoms with van der Waals surface area (Å²) in [6, 6.07) is 1.99. The summed E-state index contributed by atoms with van der Waals surface area (Å²) in [5.74, 6) is 0.155. The van der Waals surface area contributed by atoms with Gasteiger partial charge in [-0.2, -0.15) is 5.10 Å². The lowest BCUT2D eigenvalue weighted by atomic mass is 10.2. The van der Waals surface area contributed by atoms with Gasteiger partial charge in [0, 0.05) is 51.2 Å². The minimum absolute atomic E-state index is 0.155. The topological polar surface area (TPSA) is 59.2 Å². The van der Waals surface area contributed by atoms with Crippen molar-refractivity contribution in [3.05, 3.63) is 35.7 Å². The molecule has 1 aliphatic rings. The molecule has 7 heteroatoms. The second-order valence-corrected chi connectivity index (χ2v) is 6.14. The van der Waals surface area contributed by atoms with Crippen LogP contribution in [0.2, 0.25) is 0 Å². The highest BCUT2D eigenvalue weighted by atomic mass is 16.2. The molecule has 0 unspecified atom stereocenters. The number of hydrogen-bond acceptors (Lipinski definition) is 4. The van der Waals surface area contributed by atoms with Crippen LogP contribution >= 0.6 is 0 Å². The predicted molar refractivity (Wildman–Crippen MR) is 87.3 cm³/mol. The van der Waals surface area contributed by atoms with Crippen molar-refractivity contribution in [2.24, 2.45) is 7.05 Å². The number of aromatic nitrogens is 4. The molecule has 7 nitrogen and oxygen atoms in total. The number of aryl methyl sites for hydroxylation is 1. The van der Waals surface area contributed by atoms with Crippen LogP contribution in [0.3, 0.4) is 0 Å². The largest absolute Gasteiger partial charge is 0.351 e. The van der Waals surface area contributed by atoms with Crippen molar-refractivity contribution in [1.29, 1.82) is 0 Å². The third-order valence-corrected chi connectivity index (χ3v) is 4.78. The maximum absolute atomic E-state index is 12.7. The van der Waals surface area contributed by atoms with E-state index in [2.05, 4.69) is 19.5 Å². The van der Waals surface area contributed by atoms with Crippen LogP contribution in [0.15, 0.2) is 18.7 Å². The molecular formula is C16H24N6O. The first-order valence-electron chi connectivity index (χ1n) is 8.03. The van der Waals surface area contributed by atoms with Gasteiger partial charge in [-0.1, -0.05) is 0 Å². The number of piperazine rings is 1. The molecule has 0 spiro atoms. The van der Waals surface area contributed by atoms with Crippen LogP contribution in [0.25, 0.3) is 0 Å². The van der Waals surface area contributed by atoms with Crippen LogP contribution in [0.4, 0.5) is 0 Å². The average molecular weight is 316 g/mol. The summed E-state index contributed by atoms with van der Waals surface area (Å²) in [5, 5.41) is 4.12. The zero-order valence-corrected chi connectivity index (χ0v) is 14.1. The van der Waals surface area contributed by atoms with E-state index in [1.54, 1.807) is 12.7 Å². The molecule has 2 aromatic rings. The molecule has 0 bridgehead atoms. The standard InChI is InChI=1S/C16H24N6O/c1-13-10-15(14(2)19(13)3)16(23)21-7-4-20(5-8-21)6-9-22-12-17-11-18-22/h10-12H,4-9H2,1-3H3. The SMILES string of the molecule is Cc1cc(C(=O)N2CCN(CCn3cncn3)CC2)c(C)n1C. The summed E-state index contributed by atoms with van der Waals surface area (Å²) < 4.78 is 3.91. The maximum atomic E-state index is 12.7. The van der Waals surface area contributed by atoms with E-state index >= 15 is 0 Å². The molecule has 1 aliphatic heterocycles. The second-order valence-electron chi connectivity index (χ2n) is 6.14. The highest BCUT2D eigenvalue weighted by molar-refractivity contribution is 5.95. The van der Waals surface area contributed by atoms with Gasteiger partial charge in [-0.3, -0.25) is 14.4 Å². The van der Waals surface area contributed by atoms with E-state index in [1.807, 2.05) is 36.5 Å². The Morgan fingerprint density at radius 1 is 1.17 bits per heavy atom. The Morgan fingerprint density at radius 2 is 1.91 bits per heavy atom. The minimum Gasteiger partial charge on any atom is -0.351 e. The van der Waals surface area contributed by atoms with Gasteiger partial charge in [-0.05, 0) is 19.9 Å². The van der Waals surface area contributed by atoms with E-state index in [9.17, 15) is 4.79 Å². The van der Waals surface area contributed by atoms with E-state index in [0.29, 0.717) is 0 Å². The molecule has 0 aliphatic carbocycles. The molecule has 0 aromatic carbocycles. The van der Waals surface area contributed by atoms with Gasteiger partial charge in [-0.15, -0.1) is 0 Å². The van der Waals surface area contributed by atoms with Gasteiger partial charge < -0.3 is 9.47 Å². The Hall–Kier alpha value is -2.15. The van der Waals surface area contributed by atoms with Crippen LogP contribution in [-0.2, 0) is 13.6 Å². The zero-order chi connectivity index (χ0) is 16.4. The Morgan fingerprint density at radius 3 is 2.48 bits per heavy atom. The van der Waals surface area contributed by atoms with Gasteiger partial charge >= 0.3 is 0 Å². The highest BCUT2D eigenvalue weighted by Crippen LogP contribution is 2.16. The quantitative estimate of drug-likeness (QED) is 0.833. The summed E-state index contributed by atoms with van der Waals surface area (Å²) in [4.78, 5) is 21.0. The first-order valence-corrected chi connectivity index (χ1v) is 8.03. The van der Waals surface area contributed by atoms with Crippen molar-refractivity contribution in [3.8, 4) is 0 Å². The summed E-state index contributed by atoms with van der Waals surface area (Å²) in [6.07, 6.45) is 3.29. The molecule has 1 fully saturated rings. The van der Waals surface area contributed by atoms with Gasteiger partial charge in [0.05, 0.1) is 12.1 Å². The Bertz CT molecular complexity index is 667. The second kappa shape index (κ2) is 6.54. The van der Waals surface area contributed by atoms with Crippen LogP contribution in [0.1, 0.15) is 21.7 Å². The molecule has 0 atom stereocenters. The number of nitrogens with zero attached hydrogens (tertiary/aromatic N) is 6. The molecule has 124 valence electrons. The number of hydrogen-bond donors (Lipinski definition) is 0. The third-order valence-electron chi connectivity index (χ3n) is 4.78. The van der Waals surface area contributed by atoms with E-state index in [1.165, 1.54) is 0 Å².